The van der Waals surface area contributed by atoms with Gasteiger partial charge in [0.15, 0.2) is 5.16 Å². The maximum Gasteiger partial charge on any atom is 0.240 e. The summed E-state index contributed by atoms with van der Waals surface area (Å²) >= 11 is 1.47. The molecule has 1 unspecified atom stereocenters. The highest BCUT2D eigenvalue weighted by molar-refractivity contribution is 8.00. The minimum absolute atomic E-state index is 0.128. The quantitative estimate of drug-likeness (QED) is 0.671. The van der Waals surface area contributed by atoms with Crippen molar-refractivity contribution < 1.29 is 9.32 Å². The molecular formula is C20H22N4O2S. The van der Waals surface area contributed by atoms with Gasteiger partial charge in [0.1, 0.15) is 0 Å². The Balaban J connectivity index is 1.59. The number of carbonyl (C=O) groups is 1. The summed E-state index contributed by atoms with van der Waals surface area (Å²) < 4.78 is 7.29. The van der Waals surface area contributed by atoms with E-state index < -0.39 is 0 Å². The SMILES string of the molecule is Cc1cc(NC(=O)C(C)Sc2nc3c(n2-c2ccccc2)CCCC3)on1. The molecule has 1 N–H and O–H groups in total. The molecule has 1 amide bonds. The number of para-hydroxylation sites is 1. The maximum atomic E-state index is 12.6. The molecule has 1 aliphatic carbocycles. The summed E-state index contributed by atoms with van der Waals surface area (Å²) in [6.07, 6.45) is 4.37. The van der Waals surface area contributed by atoms with Crippen LogP contribution in [0.3, 0.4) is 0 Å². The highest BCUT2D eigenvalue weighted by Crippen LogP contribution is 2.32. The van der Waals surface area contributed by atoms with Gasteiger partial charge >= 0.3 is 0 Å². The Hall–Kier alpha value is -2.54. The third kappa shape index (κ3) is 3.78. The molecule has 0 radical (unpaired) electrons. The van der Waals surface area contributed by atoms with Crippen LogP contribution in [-0.4, -0.2) is 25.9 Å². The summed E-state index contributed by atoms with van der Waals surface area (Å²) in [6, 6.07) is 11.9. The first-order valence-electron chi connectivity index (χ1n) is 9.18. The van der Waals surface area contributed by atoms with Crippen molar-refractivity contribution in [2.75, 3.05) is 5.32 Å². The van der Waals surface area contributed by atoms with E-state index in [9.17, 15) is 4.79 Å². The van der Waals surface area contributed by atoms with E-state index in [1.165, 1.54) is 30.3 Å². The summed E-state index contributed by atoms with van der Waals surface area (Å²) in [5.74, 6) is 0.243. The molecule has 0 fully saturated rings. The molecular weight excluding hydrogens is 360 g/mol. The molecule has 4 rings (SSSR count). The first kappa shape index (κ1) is 17.9. The van der Waals surface area contributed by atoms with E-state index in [0.717, 1.165) is 35.1 Å². The lowest BCUT2D eigenvalue weighted by molar-refractivity contribution is -0.115. The second-order valence-corrected chi connectivity index (χ2v) is 8.06. The largest absolute Gasteiger partial charge is 0.338 e. The lowest BCUT2D eigenvalue weighted by Crippen LogP contribution is -2.22. The van der Waals surface area contributed by atoms with Crippen LogP contribution in [0, 0.1) is 6.92 Å². The van der Waals surface area contributed by atoms with Crippen LogP contribution in [0.15, 0.2) is 46.1 Å². The zero-order valence-corrected chi connectivity index (χ0v) is 16.3. The van der Waals surface area contributed by atoms with Crippen molar-refractivity contribution in [1.29, 1.82) is 0 Å². The molecule has 1 aliphatic rings. The fourth-order valence-electron chi connectivity index (χ4n) is 3.30. The van der Waals surface area contributed by atoms with Crippen molar-refractivity contribution in [3.05, 3.63) is 53.5 Å². The number of aromatic nitrogens is 3. The number of amides is 1. The Morgan fingerprint density at radius 1 is 1.26 bits per heavy atom. The molecule has 6 nitrogen and oxygen atoms in total. The average molecular weight is 382 g/mol. The summed E-state index contributed by atoms with van der Waals surface area (Å²) in [6.45, 7) is 3.70. The normalized spacial score (nSPS) is 14.6. The number of thioether (sulfide) groups is 1. The zero-order valence-electron chi connectivity index (χ0n) is 15.4. The highest BCUT2D eigenvalue weighted by atomic mass is 32.2. The van der Waals surface area contributed by atoms with Crippen molar-refractivity contribution >= 4 is 23.6 Å². The zero-order chi connectivity index (χ0) is 18.8. The topological polar surface area (TPSA) is 73.0 Å². The van der Waals surface area contributed by atoms with Gasteiger partial charge in [-0.25, -0.2) is 4.98 Å². The van der Waals surface area contributed by atoms with Gasteiger partial charge in [-0.3, -0.25) is 14.7 Å². The molecule has 140 valence electrons. The molecule has 3 aromatic rings. The van der Waals surface area contributed by atoms with Crippen LogP contribution in [0.25, 0.3) is 5.69 Å². The van der Waals surface area contributed by atoms with E-state index >= 15 is 0 Å². The van der Waals surface area contributed by atoms with E-state index in [1.807, 2.05) is 32.0 Å². The summed E-state index contributed by atoms with van der Waals surface area (Å²) in [5.41, 5.74) is 4.26. The minimum atomic E-state index is -0.318. The van der Waals surface area contributed by atoms with Gasteiger partial charge < -0.3 is 4.52 Å². The Kier molecular flexibility index (Phi) is 5.03. The van der Waals surface area contributed by atoms with Gasteiger partial charge in [-0.15, -0.1) is 0 Å². The number of carbonyl (C=O) groups excluding carboxylic acids is 1. The monoisotopic (exact) mass is 382 g/mol. The second-order valence-electron chi connectivity index (χ2n) is 6.75. The van der Waals surface area contributed by atoms with Crippen LogP contribution >= 0.6 is 11.8 Å². The predicted octanol–water partition coefficient (Wildman–Crippen LogP) is 4.17. The fraction of sp³-hybridized carbons (Fsp3) is 0.350. The molecule has 0 aliphatic heterocycles. The predicted molar refractivity (Wildman–Crippen MR) is 105 cm³/mol. The minimum Gasteiger partial charge on any atom is -0.338 e. The Morgan fingerprint density at radius 2 is 2.04 bits per heavy atom. The molecule has 0 saturated heterocycles. The molecule has 0 spiro atoms. The van der Waals surface area contributed by atoms with Gasteiger partial charge in [-0.1, -0.05) is 35.1 Å². The number of benzene rings is 1. The number of nitrogens with one attached hydrogen (secondary N) is 1. The number of nitrogens with zero attached hydrogens (tertiary/aromatic N) is 3. The molecule has 0 bridgehead atoms. The summed E-state index contributed by atoms with van der Waals surface area (Å²) in [4.78, 5) is 17.4. The van der Waals surface area contributed by atoms with Crippen molar-refractivity contribution in [2.24, 2.45) is 0 Å². The van der Waals surface area contributed by atoms with Crippen LogP contribution in [0.4, 0.5) is 5.88 Å². The lowest BCUT2D eigenvalue weighted by Gasteiger charge is -2.16. The van der Waals surface area contributed by atoms with Crippen molar-refractivity contribution in [2.45, 2.75) is 49.9 Å². The number of hydrogen-bond acceptors (Lipinski definition) is 5. The molecule has 2 heterocycles. The Bertz CT molecular complexity index is 948. The van der Waals surface area contributed by atoms with Gasteiger partial charge in [-0.2, -0.15) is 0 Å². The van der Waals surface area contributed by atoms with E-state index in [4.69, 9.17) is 9.51 Å². The molecule has 1 atom stereocenters. The first-order chi connectivity index (χ1) is 13.1. The maximum absolute atomic E-state index is 12.6. The van der Waals surface area contributed by atoms with Crippen molar-refractivity contribution in [3.8, 4) is 5.69 Å². The number of anilines is 1. The lowest BCUT2D eigenvalue weighted by atomic mass is 10.0. The van der Waals surface area contributed by atoms with E-state index in [-0.39, 0.29) is 11.2 Å². The summed E-state index contributed by atoms with van der Waals surface area (Å²) in [7, 11) is 0. The molecule has 2 aromatic heterocycles. The van der Waals surface area contributed by atoms with Gasteiger partial charge in [0.05, 0.1) is 16.6 Å². The number of fused-ring (bicyclic) bond motifs is 1. The van der Waals surface area contributed by atoms with E-state index in [1.54, 1.807) is 6.07 Å². The van der Waals surface area contributed by atoms with Gasteiger partial charge in [0.2, 0.25) is 11.8 Å². The van der Waals surface area contributed by atoms with Gasteiger partial charge in [0.25, 0.3) is 0 Å². The number of rotatable bonds is 5. The Labute approximate surface area is 162 Å². The smallest absolute Gasteiger partial charge is 0.240 e. The second kappa shape index (κ2) is 7.60. The van der Waals surface area contributed by atoms with Crippen molar-refractivity contribution in [3.63, 3.8) is 0 Å². The fourth-order valence-corrected chi connectivity index (χ4v) is 4.26. The van der Waals surface area contributed by atoms with Crippen LogP contribution < -0.4 is 5.32 Å². The number of hydrogen-bond donors (Lipinski definition) is 1. The van der Waals surface area contributed by atoms with Crippen LogP contribution in [0.5, 0.6) is 0 Å². The third-order valence-electron chi connectivity index (χ3n) is 4.64. The summed E-state index contributed by atoms with van der Waals surface area (Å²) in [5, 5.41) is 7.12. The van der Waals surface area contributed by atoms with Gasteiger partial charge in [0, 0.05) is 17.4 Å². The van der Waals surface area contributed by atoms with Crippen LogP contribution in [0.1, 0.15) is 36.8 Å². The van der Waals surface area contributed by atoms with Crippen LogP contribution in [-0.2, 0) is 17.6 Å². The standard InChI is InChI=1S/C20H22N4O2S/c1-13-12-18(26-23-13)22-19(25)14(2)27-20-21-16-10-6-7-11-17(16)24(20)15-8-4-3-5-9-15/h3-5,8-9,12,14H,6-7,10-11H2,1-2H3,(H,22,25). The van der Waals surface area contributed by atoms with Gasteiger partial charge in [-0.05, 0) is 51.7 Å². The number of imidazole rings is 1. The third-order valence-corrected chi connectivity index (χ3v) is 5.69. The number of aryl methyl sites for hydroxylation is 2. The van der Waals surface area contributed by atoms with E-state index in [2.05, 4.69) is 27.2 Å². The van der Waals surface area contributed by atoms with Crippen LogP contribution in [0.2, 0.25) is 0 Å². The molecule has 0 saturated carbocycles. The first-order valence-corrected chi connectivity index (χ1v) is 10.1. The van der Waals surface area contributed by atoms with E-state index in [0.29, 0.717) is 5.88 Å². The molecule has 1 aromatic carbocycles. The molecule has 27 heavy (non-hydrogen) atoms. The van der Waals surface area contributed by atoms with Crippen molar-refractivity contribution in [1.82, 2.24) is 14.7 Å². The average Bonchev–Trinajstić information content (AvgIpc) is 3.25. The highest BCUT2D eigenvalue weighted by Gasteiger charge is 2.25. The molecule has 7 heteroatoms. The Morgan fingerprint density at radius 3 is 2.78 bits per heavy atom.